The van der Waals surface area contributed by atoms with Gasteiger partial charge in [0.15, 0.2) is 0 Å². The van der Waals surface area contributed by atoms with Gasteiger partial charge in [-0.15, -0.1) is 0 Å². The van der Waals surface area contributed by atoms with Crippen LogP contribution in [0.1, 0.15) is 22.8 Å². The lowest BCUT2D eigenvalue weighted by molar-refractivity contribution is 0.219. The Kier molecular flexibility index (Phi) is 4.40. The molecule has 1 atom stereocenters. The molecule has 0 aromatic heterocycles. The normalized spacial score (nSPS) is 12.5. The number of aliphatic hydroxyl groups excluding tert-OH is 1. The average molecular weight is 421 g/mol. The van der Waals surface area contributed by atoms with Crippen LogP contribution in [0.25, 0.3) is 0 Å². The Morgan fingerprint density at radius 2 is 1.94 bits per heavy atom. The topological polar surface area (TPSA) is 20.2 Å². The largest absolute Gasteiger partial charge is 0.384 e. The zero-order valence-corrected chi connectivity index (χ0v) is 13.4. The van der Waals surface area contributed by atoms with E-state index in [2.05, 4.69) is 38.5 Å². The highest BCUT2D eigenvalue weighted by Gasteiger charge is 2.15. The van der Waals surface area contributed by atoms with Gasteiger partial charge in [-0.2, -0.15) is 0 Å². The third-order valence-corrected chi connectivity index (χ3v) is 4.16. The highest BCUT2D eigenvalue weighted by Crippen LogP contribution is 2.30. The molecule has 0 radical (unpaired) electrons. The van der Waals surface area contributed by atoms with Crippen LogP contribution in [0, 0.1) is 16.3 Å². The Morgan fingerprint density at radius 1 is 1.22 bits per heavy atom. The first kappa shape index (κ1) is 14.0. The molecule has 0 saturated heterocycles. The minimum Gasteiger partial charge on any atom is -0.384 e. The minimum absolute atomic E-state index is 0.298. The highest BCUT2D eigenvalue weighted by molar-refractivity contribution is 14.1. The number of hydrogen-bond acceptors (Lipinski definition) is 1. The van der Waals surface area contributed by atoms with Crippen molar-refractivity contribution in [2.75, 3.05) is 0 Å². The van der Waals surface area contributed by atoms with Gasteiger partial charge in [-0.25, -0.2) is 4.39 Å². The Bertz CT molecular complexity index is 586. The van der Waals surface area contributed by atoms with Crippen LogP contribution in [-0.2, 0) is 0 Å². The van der Waals surface area contributed by atoms with E-state index in [1.165, 1.54) is 6.07 Å². The molecule has 0 aliphatic rings. The van der Waals surface area contributed by atoms with Gasteiger partial charge in [-0.05, 0) is 64.9 Å². The smallest absolute Gasteiger partial charge is 0.126 e. The van der Waals surface area contributed by atoms with E-state index < -0.39 is 6.10 Å². The van der Waals surface area contributed by atoms with Crippen LogP contribution < -0.4 is 0 Å². The van der Waals surface area contributed by atoms with Gasteiger partial charge in [0.05, 0.1) is 0 Å². The highest BCUT2D eigenvalue weighted by atomic mass is 127. The zero-order chi connectivity index (χ0) is 13.3. The molecule has 1 N–H and O–H groups in total. The van der Waals surface area contributed by atoms with Gasteiger partial charge in [0.25, 0.3) is 0 Å². The van der Waals surface area contributed by atoms with E-state index in [4.69, 9.17) is 0 Å². The van der Waals surface area contributed by atoms with E-state index in [0.717, 1.165) is 13.6 Å². The molecule has 0 bridgehead atoms. The molecule has 2 aromatic carbocycles. The van der Waals surface area contributed by atoms with Crippen molar-refractivity contribution in [1.82, 2.24) is 0 Å². The van der Waals surface area contributed by atoms with Crippen LogP contribution in [0.4, 0.5) is 4.39 Å². The summed E-state index contributed by atoms with van der Waals surface area (Å²) < 4.78 is 15.4. The lowest BCUT2D eigenvalue weighted by atomic mass is 10.0. The molecule has 0 amide bonds. The molecule has 0 aliphatic carbocycles. The number of aryl methyl sites for hydroxylation is 1. The van der Waals surface area contributed by atoms with Crippen LogP contribution in [0.3, 0.4) is 0 Å². The fourth-order valence-electron chi connectivity index (χ4n) is 1.68. The Morgan fingerprint density at radius 3 is 2.61 bits per heavy atom. The second-order valence-corrected chi connectivity index (χ2v) is 6.18. The second kappa shape index (κ2) is 5.67. The summed E-state index contributed by atoms with van der Waals surface area (Å²) in [6.45, 7) is 1.70. The van der Waals surface area contributed by atoms with Crippen molar-refractivity contribution in [1.29, 1.82) is 0 Å². The number of hydrogen-bond donors (Lipinski definition) is 1. The first-order chi connectivity index (χ1) is 8.49. The standard InChI is InChI=1S/C14H11BrFIO/c1-8-2-3-9(6-13(8)16)14(18)11-7-10(17)4-5-12(11)15/h2-7,14,18H,1H3. The summed E-state index contributed by atoms with van der Waals surface area (Å²) in [4.78, 5) is 0. The molecular formula is C14H11BrFIO. The monoisotopic (exact) mass is 420 g/mol. The molecular weight excluding hydrogens is 410 g/mol. The minimum atomic E-state index is -0.829. The molecule has 4 heteroatoms. The summed E-state index contributed by atoms with van der Waals surface area (Å²) >= 11 is 5.59. The summed E-state index contributed by atoms with van der Waals surface area (Å²) in [6.07, 6.45) is -0.829. The molecule has 0 saturated carbocycles. The van der Waals surface area contributed by atoms with Crippen molar-refractivity contribution in [3.8, 4) is 0 Å². The lowest BCUT2D eigenvalue weighted by Gasteiger charge is -2.14. The number of halogens is 3. The van der Waals surface area contributed by atoms with E-state index in [1.54, 1.807) is 19.1 Å². The number of benzene rings is 2. The molecule has 0 aliphatic heterocycles. The van der Waals surface area contributed by atoms with E-state index >= 15 is 0 Å². The first-order valence-electron chi connectivity index (χ1n) is 5.38. The van der Waals surface area contributed by atoms with Crippen LogP contribution in [0.2, 0.25) is 0 Å². The van der Waals surface area contributed by atoms with Gasteiger partial charge in [0, 0.05) is 13.6 Å². The molecule has 1 nitrogen and oxygen atoms in total. The molecule has 94 valence electrons. The molecule has 2 aromatic rings. The second-order valence-electron chi connectivity index (χ2n) is 4.08. The van der Waals surface area contributed by atoms with Crippen LogP contribution in [-0.4, -0.2) is 5.11 Å². The summed E-state index contributed by atoms with van der Waals surface area (Å²) in [6, 6.07) is 10.5. The van der Waals surface area contributed by atoms with Gasteiger partial charge in [-0.3, -0.25) is 0 Å². The molecule has 2 rings (SSSR count). The van der Waals surface area contributed by atoms with Crippen LogP contribution >= 0.6 is 38.5 Å². The summed E-state index contributed by atoms with van der Waals surface area (Å²) in [7, 11) is 0. The predicted molar refractivity (Wildman–Crippen MR) is 82.1 cm³/mol. The Balaban J connectivity index is 2.44. The van der Waals surface area contributed by atoms with Crippen molar-refractivity contribution in [2.24, 2.45) is 0 Å². The van der Waals surface area contributed by atoms with E-state index in [-0.39, 0.29) is 5.82 Å². The fraction of sp³-hybridized carbons (Fsp3) is 0.143. The average Bonchev–Trinajstić information content (AvgIpc) is 2.35. The van der Waals surface area contributed by atoms with E-state index in [9.17, 15) is 9.50 Å². The fourth-order valence-corrected chi connectivity index (χ4v) is 2.66. The van der Waals surface area contributed by atoms with E-state index in [0.29, 0.717) is 11.1 Å². The van der Waals surface area contributed by atoms with Gasteiger partial charge in [0.1, 0.15) is 11.9 Å². The molecule has 18 heavy (non-hydrogen) atoms. The van der Waals surface area contributed by atoms with E-state index in [1.807, 2.05) is 18.2 Å². The third kappa shape index (κ3) is 2.92. The SMILES string of the molecule is Cc1ccc(C(O)c2cc(I)ccc2Br)cc1F. The predicted octanol–water partition coefficient (Wildman–Crippen LogP) is 4.58. The molecule has 0 spiro atoms. The van der Waals surface area contributed by atoms with Gasteiger partial charge < -0.3 is 5.11 Å². The maximum absolute atomic E-state index is 13.5. The van der Waals surface area contributed by atoms with Crippen molar-refractivity contribution < 1.29 is 9.50 Å². The maximum Gasteiger partial charge on any atom is 0.126 e. The third-order valence-electron chi connectivity index (χ3n) is 2.76. The van der Waals surface area contributed by atoms with Gasteiger partial charge in [-0.1, -0.05) is 28.1 Å². The molecule has 0 heterocycles. The quantitative estimate of drug-likeness (QED) is 0.705. The zero-order valence-electron chi connectivity index (χ0n) is 9.62. The van der Waals surface area contributed by atoms with Crippen LogP contribution in [0.15, 0.2) is 40.9 Å². The van der Waals surface area contributed by atoms with Crippen molar-refractivity contribution in [3.05, 3.63) is 66.9 Å². The van der Waals surface area contributed by atoms with Crippen molar-refractivity contribution in [3.63, 3.8) is 0 Å². The number of aliphatic hydroxyl groups is 1. The van der Waals surface area contributed by atoms with Gasteiger partial charge in [0.2, 0.25) is 0 Å². The lowest BCUT2D eigenvalue weighted by Crippen LogP contribution is -2.02. The van der Waals surface area contributed by atoms with Gasteiger partial charge >= 0.3 is 0 Å². The summed E-state index contributed by atoms with van der Waals surface area (Å²) in [5.41, 5.74) is 1.87. The maximum atomic E-state index is 13.5. The van der Waals surface area contributed by atoms with Crippen molar-refractivity contribution in [2.45, 2.75) is 13.0 Å². The van der Waals surface area contributed by atoms with Crippen LogP contribution in [0.5, 0.6) is 0 Å². The number of rotatable bonds is 2. The molecule has 1 unspecified atom stereocenters. The summed E-state index contributed by atoms with van der Waals surface area (Å²) in [5, 5.41) is 10.3. The Hall–Kier alpha value is -0.460. The summed E-state index contributed by atoms with van der Waals surface area (Å²) in [5.74, 6) is -0.298. The first-order valence-corrected chi connectivity index (χ1v) is 7.25. The Labute approximate surface area is 127 Å². The van der Waals surface area contributed by atoms with Crippen molar-refractivity contribution >= 4 is 38.5 Å². The molecule has 0 fully saturated rings.